The maximum Gasteiger partial charge on any atom is 0.269 e. The summed E-state index contributed by atoms with van der Waals surface area (Å²) in [6.07, 6.45) is 2.86. The van der Waals surface area contributed by atoms with Crippen molar-refractivity contribution in [2.45, 2.75) is 38.6 Å². The Hall–Kier alpha value is -3.49. The molecule has 0 bridgehead atoms. The molecular weight excluding hydrogens is 540 g/mol. The predicted molar refractivity (Wildman–Crippen MR) is 138 cm³/mol. The summed E-state index contributed by atoms with van der Waals surface area (Å²) in [4.78, 5) is 12.1. The summed E-state index contributed by atoms with van der Waals surface area (Å²) in [5.41, 5.74) is 0.0547. The van der Waals surface area contributed by atoms with E-state index in [1.54, 1.807) is 32.9 Å². The van der Waals surface area contributed by atoms with E-state index in [-0.39, 0.29) is 33.1 Å². The molecule has 14 heteroatoms. The first kappa shape index (κ1) is 27.5. The van der Waals surface area contributed by atoms with Gasteiger partial charge in [-0.3, -0.25) is 4.55 Å². The number of halogens is 2. The molecule has 0 fully saturated rings. The number of aromatic nitrogens is 4. The zero-order valence-electron chi connectivity index (χ0n) is 20.8. The number of pyridine rings is 1. The van der Waals surface area contributed by atoms with Crippen LogP contribution in [0.2, 0.25) is 0 Å². The first-order valence-electron chi connectivity index (χ1n) is 11.3. The van der Waals surface area contributed by atoms with Crippen LogP contribution in [0.15, 0.2) is 53.8 Å². The Morgan fingerprint density at radius 2 is 1.71 bits per heavy atom. The first-order valence-corrected chi connectivity index (χ1v) is 14.3. The highest BCUT2D eigenvalue weighted by Crippen LogP contribution is 2.32. The van der Waals surface area contributed by atoms with Gasteiger partial charge < -0.3 is 5.32 Å². The lowest BCUT2D eigenvalue weighted by Crippen LogP contribution is -2.40. The quantitative estimate of drug-likeness (QED) is 0.317. The highest BCUT2D eigenvalue weighted by molar-refractivity contribution is 7.90. The van der Waals surface area contributed by atoms with Crippen molar-refractivity contribution in [2.24, 2.45) is 5.41 Å². The van der Waals surface area contributed by atoms with Gasteiger partial charge in [-0.25, -0.2) is 36.1 Å². The van der Waals surface area contributed by atoms with Crippen LogP contribution in [-0.4, -0.2) is 52.1 Å². The second kappa shape index (κ2) is 9.67. The largest absolute Gasteiger partial charge is 0.363 e. The number of benzene rings is 1. The lowest BCUT2D eigenvalue weighted by atomic mass is 9.88. The SMILES string of the molecule is Cc1ccc(S(=O)(=O)n2cc(-c3ncc(F)c(N[C@H](CS(=O)(=O)O)C(C)(C)C)n3)c3cc(F)cnc32)cc1. The van der Waals surface area contributed by atoms with E-state index >= 15 is 0 Å². The fourth-order valence-electron chi connectivity index (χ4n) is 3.72. The Balaban J connectivity index is 1.87. The van der Waals surface area contributed by atoms with Gasteiger partial charge in [0.2, 0.25) is 0 Å². The Morgan fingerprint density at radius 3 is 2.32 bits per heavy atom. The van der Waals surface area contributed by atoms with Crippen molar-refractivity contribution >= 4 is 37.0 Å². The lowest BCUT2D eigenvalue weighted by Gasteiger charge is -2.31. The summed E-state index contributed by atoms with van der Waals surface area (Å²) in [6.45, 7) is 6.87. The number of aryl methyl sites for hydroxylation is 1. The van der Waals surface area contributed by atoms with E-state index in [0.29, 0.717) is 0 Å². The van der Waals surface area contributed by atoms with Gasteiger partial charge in [-0.05, 0) is 30.5 Å². The molecule has 0 aliphatic rings. The molecule has 4 aromatic rings. The lowest BCUT2D eigenvalue weighted by molar-refractivity contribution is 0.351. The van der Waals surface area contributed by atoms with Gasteiger partial charge in [0.05, 0.1) is 23.0 Å². The Bertz CT molecular complexity index is 1730. The Kier molecular flexibility index (Phi) is 7.01. The summed E-state index contributed by atoms with van der Waals surface area (Å²) in [7, 11) is -8.59. The van der Waals surface area contributed by atoms with Gasteiger partial charge in [0.1, 0.15) is 5.82 Å². The van der Waals surface area contributed by atoms with Gasteiger partial charge in [0, 0.05) is 23.2 Å². The summed E-state index contributed by atoms with van der Waals surface area (Å²) < 4.78 is 89.1. The molecule has 10 nitrogen and oxygen atoms in total. The third-order valence-electron chi connectivity index (χ3n) is 5.87. The maximum atomic E-state index is 14.7. The van der Waals surface area contributed by atoms with E-state index in [4.69, 9.17) is 0 Å². The van der Waals surface area contributed by atoms with Crippen LogP contribution in [0.3, 0.4) is 0 Å². The van der Waals surface area contributed by atoms with Crippen molar-refractivity contribution < 1.29 is 30.2 Å². The standard InChI is InChI=1S/C24H25F2N5O5S2/c1-14-5-7-16(8-6-14)38(35,36)31-12-18(17-9-15(25)10-28-23(17)31)21-27-11-19(26)22(30-21)29-20(24(2,3)4)13-37(32,33)34/h5-12,20H,13H2,1-4H3,(H,27,29,30)(H,32,33,34)/t20-/m1/s1. The summed E-state index contributed by atoms with van der Waals surface area (Å²) in [6, 6.07) is 6.22. The first-order chi connectivity index (χ1) is 17.6. The number of fused-ring (bicyclic) bond motifs is 1. The van der Waals surface area contributed by atoms with Crippen molar-refractivity contribution in [1.29, 1.82) is 0 Å². The van der Waals surface area contributed by atoms with Crippen LogP contribution >= 0.6 is 0 Å². The molecule has 2 N–H and O–H groups in total. The van der Waals surface area contributed by atoms with Gasteiger partial charge in [-0.15, -0.1) is 0 Å². The molecule has 0 saturated heterocycles. The van der Waals surface area contributed by atoms with E-state index in [1.807, 2.05) is 6.92 Å². The maximum absolute atomic E-state index is 14.7. The molecule has 202 valence electrons. The van der Waals surface area contributed by atoms with Crippen LogP contribution in [0.1, 0.15) is 26.3 Å². The Morgan fingerprint density at radius 1 is 1.05 bits per heavy atom. The molecule has 0 spiro atoms. The van der Waals surface area contributed by atoms with Crippen molar-refractivity contribution in [1.82, 2.24) is 18.9 Å². The van der Waals surface area contributed by atoms with Gasteiger partial charge in [-0.1, -0.05) is 38.5 Å². The third-order valence-corrected chi connectivity index (χ3v) is 8.29. The monoisotopic (exact) mass is 565 g/mol. The molecule has 1 atom stereocenters. The van der Waals surface area contributed by atoms with E-state index in [2.05, 4.69) is 20.3 Å². The second-order valence-electron chi connectivity index (χ2n) is 9.88. The molecule has 3 heterocycles. The van der Waals surface area contributed by atoms with Crippen molar-refractivity contribution in [2.75, 3.05) is 11.1 Å². The van der Waals surface area contributed by atoms with Crippen molar-refractivity contribution in [3.05, 3.63) is 66.1 Å². The molecule has 0 radical (unpaired) electrons. The number of nitrogens with one attached hydrogen (secondary N) is 1. The molecule has 0 aliphatic heterocycles. The smallest absolute Gasteiger partial charge is 0.269 e. The van der Waals surface area contributed by atoms with Crippen LogP contribution < -0.4 is 5.32 Å². The van der Waals surface area contributed by atoms with Crippen LogP contribution in [0.5, 0.6) is 0 Å². The average molecular weight is 566 g/mol. The number of nitrogens with zero attached hydrogens (tertiary/aromatic N) is 4. The van der Waals surface area contributed by atoms with Gasteiger partial charge in [0.25, 0.3) is 20.1 Å². The minimum atomic E-state index is -4.43. The summed E-state index contributed by atoms with van der Waals surface area (Å²) in [5.74, 6) is -2.93. The van der Waals surface area contributed by atoms with Crippen molar-refractivity contribution in [3.63, 3.8) is 0 Å². The van der Waals surface area contributed by atoms with Crippen molar-refractivity contribution in [3.8, 4) is 11.4 Å². The van der Waals surface area contributed by atoms with Gasteiger partial charge in [-0.2, -0.15) is 8.42 Å². The zero-order chi connectivity index (χ0) is 28.0. The molecular formula is C24H25F2N5O5S2. The molecule has 0 saturated carbocycles. The molecule has 0 aliphatic carbocycles. The zero-order valence-corrected chi connectivity index (χ0v) is 22.5. The fraction of sp³-hybridized carbons (Fsp3) is 0.292. The molecule has 1 aromatic carbocycles. The number of rotatable bonds is 7. The van der Waals surface area contributed by atoms with E-state index in [0.717, 1.165) is 28.0 Å². The van der Waals surface area contributed by atoms with Gasteiger partial charge in [0.15, 0.2) is 23.1 Å². The number of anilines is 1. The second-order valence-corrected chi connectivity index (χ2v) is 13.2. The number of hydrogen-bond donors (Lipinski definition) is 2. The molecule has 3 aromatic heterocycles. The van der Waals surface area contributed by atoms with E-state index in [1.165, 1.54) is 18.3 Å². The van der Waals surface area contributed by atoms with Crippen LogP contribution in [0.25, 0.3) is 22.4 Å². The fourth-order valence-corrected chi connectivity index (χ4v) is 6.05. The third kappa shape index (κ3) is 5.66. The Labute approximate surface area is 218 Å². The molecule has 0 unspecified atom stereocenters. The average Bonchev–Trinajstić information content (AvgIpc) is 3.18. The van der Waals surface area contributed by atoms with Crippen LogP contribution in [-0.2, 0) is 20.1 Å². The minimum absolute atomic E-state index is 0.0294. The van der Waals surface area contributed by atoms with Gasteiger partial charge >= 0.3 is 0 Å². The highest BCUT2D eigenvalue weighted by atomic mass is 32.2. The molecule has 38 heavy (non-hydrogen) atoms. The highest BCUT2D eigenvalue weighted by Gasteiger charge is 2.31. The number of hydrogen-bond acceptors (Lipinski definition) is 8. The van der Waals surface area contributed by atoms with Crippen LogP contribution in [0, 0.1) is 24.0 Å². The topological polar surface area (TPSA) is 144 Å². The molecule has 0 amide bonds. The predicted octanol–water partition coefficient (Wildman–Crippen LogP) is 4.03. The van der Waals surface area contributed by atoms with Crippen LogP contribution in [0.4, 0.5) is 14.6 Å². The summed E-state index contributed by atoms with van der Waals surface area (Å²) >= 11 is 0. The minimum Gasteiger partial charge on any atom is -0.363 e. The molecule has 4 rings (SSSR count). The van der Waals surface area contributed by atoms with E-state index in [9.17, 15) is 30.2 Å². The summed E-state index contributed by atoms with van der Waals surface area (Å²) in [5, 5.41) is 2.76. The van der Waals surface area contributed by atoms with E-state index < -0.39 is 49.0 Å². The normalized spacial score (nSPS) is 13.6.